The van der Waals surface area contributed by atoms with Crippen LogP contribution in [0.3, 0.4) is 0 Å². The van der Waals surface area contributed by atoms with Gasteiger partial charge in [-0.3, -0.25) is 4.79 Å². The molecule has 1 aromatic carbocycles. The highest BCUT2D eigenvalue weighted by molar-refractivity contribution is 7.16. The highest BCUT2D eigenvalue weighted by Gasteiger charge is 2.36. The third kappa shape index (κ3) is 3.82. The Morgan fingerprint density at radius 2 is 1.88 bits per heavy atom. The lowest BCUT2D eigenvalue weighted by atomic mass is 9.73. The van der Waals surface area contributed by atoms with Crippen LogP contribution in [0.5, 0.6) is 0 Å². The first kappa shape index (κ1) is 17.5. The van der Waals surface area contributed by atoms with Crippen LogP contribution in [0.15, 0.2) is 42.5 Å². The predicted molar refractivity (Wildman–Crippen MR) is 101 cm³/mol. The number of hydrogen-bond acceptors (Lipinski definition) is 3. The van der Waals surface area contributed by atoms with Crippen LogP contribution in [0.4, 0.5) is 0 Å². The Balaban J connectivity index is 1.56. The molecule has 0 atom stereocenters. The third-order valence-electron chi connectivity index (χ3n) is 5.06. The van der Waals surface area contributed by atoms with Gasteiger partial charge in [-0.05, 0) is 37.0 Å². The van der Waals surface area contributed by atoms with Gasteiger partial charge in [-0.1, -0.05) is 41.9 Å². The number of rotatable bonds is 5. The fraction of sp³-hybridized carbons (Fsp3) is 0.421. The van der Waals surface area contributed by atoms with Gasteiger partial charge in [0.25, 0.3) is 0 Å². The second-order valence-corrected chi connectivity index (χ2v) is 8.24. The molecule has 1 aromatic heterocycles. The summed E-state index contributed by atoms with van der Waals surface area (Å²) in [6.45, 7) is 2.21. The summed E-state index contributed by atoms with van der Waals surface area (Å²) in [6, 6.07) is 14.4. The number of carbonyl (C=O) groups excluding carboxylic acids is 1. The summed E-state index contributed by atoms with van der Waals surface area (Å²) in [5.41, 5.74) is 7.43. The average molecular weight is 363 g/mol. The summed E-state index contributed by atoms with van der Waals surface area (Å²) < 4.78 is 0.783. The number of piperidine rings is 1. The SMILES string of the molecule is NCC1(c2ccccc2)CCN(C(=O)CCc2ccc(Cl)s2)CC1. The number of amides is 1. The summed E-state index contributed by atoms with van der Waals surface area (Å²) in [4.78, 5) is 15.6. The van der Waals surface area contributed by atoms with Crippen LogP contribution in [-0.2, 0) is 16.6 Å². The van der Waals surface area contributed by atoms with Gasteiger partial charge in [0, 0.05) is 36.3 Å². The molecule has 0 aliphatic carbocycles. The first-order valence-electron chi connectivity index (χ1n) is 8.40. The standard InChI is InChI=1S/C19H23ClN2OS/c20-17-8-6-16(24-17)7-9-18(23)22-12-10-19(14-21,11-13-22)15-4-2-1-3-5-15/h1-6,8H,7,9-14,21H2. The molecule has 1 fully saturated rings. The van der Waals surface area contributed by atoms with E-state index in [2.05, 4.69) is 24.3 Å². The van der Waals surface area contributed by atoms with Crippen LogP contribution in [0.25, 0.3) is 0 Å². The Morgan fingerprint density at radius 1 is 1.17 bits per heavy atom. The van der Waals surface area contributed by atoms with Gasteiger partial charge in [-0.25, -0.2) is 0 Å². The van der Waals surface area contributed by atoms with Crippen molar-refractivity contribution in [3.8, 4) is 0 Å². The number of benzene rings is 1. The number of carbonyl (C=O) groups is 1. The maximum atomic E-state index is 12.5. The Kier molecular flexibility index (Phi) is 5.59. The van der Waals surface area contributed by atoms with Crippen LogP contribution in [-0.4, -0.2) is 30.4 Å². The van der Waals surface area contributed by atoms with Crippen molar-refractivity contribution in [2.24, 2.45) is 5.73 Å². The zero-order chi connectivity index (χ0) is 17.0. The first-order chi connectivity index (χ1) is 11.6. The molecule has 0 bridgehead atoms. The normalized spacial score (nSPS) is 17.0. The van der Waals surface area contributed by atoms with Gasteiger partial charge < -0.3 is 10.6 Å². The maximum Gasteiger partial charge on any atom is 0.222 e. The molecule has 1 aliphatic heterocycles. The summed E-state index contributed by atoms with van der Waals surface area (Å²) in [6.07, 6.45) is 3.19. The molecule has 3 nitrogen and oxygen atoms in total. The highest BCUT2D eigenvalue weighted by Crippen LogP contribution is 2.34. The average Bonchev–Trinajstić information content (AvgIpc) is 3.06. The fourth-order valence-corrected chi connectivity index (χ4v) is 4.55. The Morgan fingerprint density at radius 3 is 2.46 bits per heavy atom. The van der Waals surface area contributed by atoms with Crippen molar-refractivity contribution in [3.05, 3.63) is 57.2 Å². The molecule has 5 heteroatoms. The van der Waals surface area contributed by atoms with Crippen molar-refractivity contribution in [1.82, 2.24) is 4.90 Å². The monoisotopic (exact) mass is 362 g/mol. The van der Waals surface area contributed by atoms with Crippen LogP contribution >= 0.6 is 22.9 Å². The lowest BCUT2D eigenvalue weighted by Crippen LogP contribution is -2.48. The number of hydrogen-bond donors (Lipinski definition) is 1. The molecule has 2 heterocycles. The van der Waals surface area contributed by atoms with E-state index in [1.54, 1.807) is 11.3 Å². The van der Waals surface area contributed by atoms with E-state index in [1.165, 1.54) is 10.4 Å². The number of nitrogens with zero attached hydrogens (tertiary/aromatic N) is 1. The number of halogens is 1. The summed E-state index contributed by atoms with van der Waals surface area (Å²) in [7, 11) is 0. The minimum atomic E-state index is 0.0132. The van der Waals surface area contributed by atoms with Gasteiger partial charge in [0.15, 0.2) is 0 Å². The van der Waals surface area contributed by atoms with Crippen molar-refractivity contribution in [3.63, 3.8) is 0 Å². The van der Waals surface area contributed by atoms with E-state index in [9.17, 15) is 4.79 Å². The smallest absolute Gasteiger partial charge is 0.222 e. The predicted octanol–water partition coefficient (Wildman–Crippen LogP) is 3.85. The molecule has 128 valence electrons. The largest absolute Gasteiger partial charge is 0.343 e. The van der Waals surface area contributed by atoms with Gasteiger partial charge in [-0.15, -0.1) is 11.3 Å². The van der Waals surface area contributed by atoms with Gasteiger partial charge in [0.2, 0.25) is 5.91 Å². The molecule has 24 heavy (non-hydrogen) atoms. The molecule has 3 rings (SSSR count). The Labute approximate surface area is 152 Å². The molecule has 1 aliphatic rings. The van der Waals surface area contributed by atoms with Crippen molar-refractivity contribution >= 4 is 28.8 Å². The molecule has 1 amide bonds. The van der Waals surface area contributed by atoms with E-state index in [0.717, 1.165) is 36.7 Å². The zero-order valence-corrected chi connectivity index (χ0v) is 15.3. The molecular weight excluding hydrogens is 340 g/mol. The van der Waals surface area contributed by atoms with E-state index in [1.807, 2.05) is 23.1 Å². The van der Waals surface area contributed by atoms with Crippen molar-refractivity contribution in [2.45, 2.75) is 31.1 Å². The van der Waals surface area contributed by atoms with Crippen LogP contribution < -0.4 is 5.73 Å². The summed E-state index contributed by atoms with van der Waals surface area (Å²) in [5.74, 6) is 0.234. The fourth-order valence-electron chi connectivity index (χ4n) is 3.46. The van der Waals surface area contributed by atoms with Crippen molar-refractivity contribution in [1.29, 1.82) is 0 Å². The van der Waals surface area contributed by atoms with Crippen molar-refractivity contribution < 1.29 is 4.79 Å². The molecule has 0 radical (unpaired) electrons. The molecule has 2 aromatic rings. The first-order valence-corrected chi connectivity index (χ1v) is 9.60. The molecule has 2 N–H and O–H groups in total. The molecule has 1 saturated heterocycles. The molecular formula is C19H23ClN2OS. The van der Waals surface area contributed by atoms with Gasteiger partial charge >= 0.3 is 0 Å². The van der Waals surface area contributed by atoms with Gasteiger partial charge in [0.1, 0.15) is 0 Å². The lowest BCUT2D eigenvalue weighted by Gasteiger charge is -2.41. The van der Waals surface area contributed by atoms with E-state index in [-0.39, 0.29) is 11.3 Å². The third-order valence-corrected chi connectivity index (χ3v) is 6.36. The van der Waals surface area contributed by atoms with Gasteiger partial charge in [-0.2, -0.15) is 0 Å². The Hall–Kier alpha value is -1.36. The minimum absolute atomic E-state index is 0.0132. The molecule has 0 spiro atoms. The van der Waals surface area contributed by atoms with Crippen LogP contribution in [0, 0.1) is 0 Å². The van der Waals surface area contributed by atoms with E-state index >= 15 is 0 Å². The Bertz CT molecular complexity index is 678. The minimum Gasteiger partial charge on any atom is -0.343 e. The van der Waals surface area contributed by atoms with Crippen LogP contribution in [0.2, 0.25) is 4.34 Å². The molecule has 0 unspecified atom stereocenters. The van der Waals surface area contributed by atoms with Crippen LogP contribution in [0.1, 0.15) is 29.7 Å². The van der Waals surface area contributed by atoms with Crippen molar-refractivity contribution in [2.75, 3.05) is 19.6 Å². The topological polar surface area (TPSA) is 46.3 Å². The van der Waals surface area contributed by atoms with Gasteiger partial charge in [0.05, 0.1) is 4.34 Å². The second kappa shape index (κ2) is 7.68. The number of thiophene rings is 1. The van der Waals surface area contributed by atoms with E-state index < -0.39 is 0 Å². The summed E-state index contributed by atoms with van der Waals surface area (Å²) >= 11 is 7.50. The number of nitrogens with two attached hydrogens (primary N) is 1. The summed E-state index contributed by atoms with van der Waals surface area (Å²) in [5, 5.41) is 0. The highest BCUT2D eigenvalue weighted by atomic mass is 35.5. The zero-order valence-electron chi connectivity index (χ0n) is 13.7. The number of likely N-dealkylation sites (tertiary alicyclic amines) is 1. The van der Waals surface area contributed by atoms with E-state index in [0.29, 0.717) is 13.0 Å². The number of aryl methyl sites for hydroxylation is 1. The quantitative estimate of drug-likeness (QED) is 0.878. The lowest BCUT2D eigenvalue weighted by molar-refractivity contribution is -0.132. The van der Waals surface area contributed by atoms with E-state index in [4.69, 9.17) is 17.3 Å². The molecule has 0 saturated carbocycles. The maximum absolute atomic E-state index is 12.5. The second-order valence-electron chi connectivity index (χ2n) is 6.44.